The van der Waals surface area contributed by atoms with Crippen molar-refractivity contribution in [2.75, 3.05) is 6.61 Å². The van der Waals surface area contributed by atoms with E-state index in [-0.39, 0.29) is 18.4 Å². The van der Waals surface area contributed by atoms with Crippen LogP contribution in [0.5, 0.6) is 0 Å². The Balaban J connectivity index is 2.01. The summed E-state index contributed by atoms with van der Waals surface area (Å²) in [6.07, 6.45) is 1.46. The second kappa shape index (κ2) is 5.56. The van der Waals surface area contributed by atoms with Gasteiger partial charge in [0.15, 0.2) is 0 Å². The van der Waals surface area contributed by atoms with Gasteiger partial charge < -0.3 is 14.3 Å². The van der Waals surface area contributed by atoms with Gasteiger partial charge in [0, 0.05) is 6.20 Å². The van der Waals surface area contributed by atoms with Gasteiger partial charge in [0.25, 0.3) is 5.89 Å². The average molecular weight is 270 g/mol. The van der Waals surface area contributed by atoms with E-state index in [1.807, 2.05) is 0 Å². The fraction of sp³-hybridized carbons (Fsp3) is 0.200. The summed E-state index contributed by atoms with van der Waals surface area (Å²) in [4.78, 5) is 14.2. The number of pyridine rings is 1. The van der Waals surface area contributed by atoms with Crippen molar-refractivity contribution in [1.29, 1.82) is 0 Å². The van der Waals surface area contributed by atoms with Gasteiger partial charge in [-0.3, -0.25) is 0 Å². The van der Waals surface area contributed by atoms with Crippen LogP contribution in [0, 0.1) is 0 Å². The topological polar surface area (TPSA) is 98.3 Å². The third-order valence-corrected chi connectivity index (χ3v) is 2.09. The van der Waals surface area contributed by atoms with Crippen molar-refractivity contribution in [3.05, 3.63) is 29.2 Å². The van der Waals surface area contributed by atoms with Crippen molar-refractivity contribution in [3.63, 3.8) is 0 Å². The molecular formula is C10H8ClN3O4. The minimum absolute atomic E-state index is 0.0626. The minimum atomic E-state index is -1.06. The molecule has 0 saturated carbocycles. The van der Waals surface area contributed by atoms with Crippen molar-refractivity contribution in [2.24, 2.45) is 0 Å². The van der Waals surface area contributed by atoms with Crippen LogP contribution in [0.1, 0.15) is 5.89 Å². The van der Waals surface area contributed by atoms with E-state index in [4.69, 9.17) is 25.9 Å². The Bertz CT molecular complexity index is 540. The summed E-state index contributed by atoms with van der Waals surface area (Å²) in [5.41, 5.74) is 0.483. The monoisotopic (exact) mass is 269 g/mol. The first kappa shape index (κ1) is 12.5. The van der Waals surface area contributed by atoms with Crippen molar-refractivity contribution >= 4 is 17.6 Å². The van der Waals surface area contributed by atoms with E-state index in [9.17, 15) is 4.79 Å². The standard InChI is InChI=1S/C10H8ClN3O4/c11-6-1-2-7(12-3-6)10-14-13-8(18-10)4-17-5-9(15)16/h1-3H,4-5H2,(H,15,16). The van der Waals surface area contributed by atoms with E-state index in [1.54, 1.807) is 12.1 Å². The molecule has 8 heteroatoms. The third-order valence-electron chi connectivity index (χ3n) is 1.86. The molecule has 0 aliphatic carbocycles. The molecule has 1 N–H and O–H groups in total. The number of hydrogen-bond donors (Lipinski definition) is 1. The molecule has 2 aromatic rings. The fourth-order valence-corrected chi connectivity index (χ4v) is 1.26. The van der Waals surface area contributed by atoms with Crippen LogP contribution >= 0.6 is 11.6 Å². The third kappa shape index (κ3) is 3.25. The Labute approximate surface area is 106 Å². The van der Waals surface area contributed by atoms with Gasteiger partial charge >= 0.3 is 5.97 Å². The SMILES string of the molecule is O=C(O)COCc1nnc(-c2ccc(Cl)cn2)o1. The maximum atomic E-state index is 10.2. The molecule has 0 spiro atoms. The molecule has 0 aromatic carbocycles. The van der Waals surface area contributed by atoms with Crippen LogP contribution in [0.2, 0.25) is 5.02 Å². The normalized spacial score (nSPS) is 10.5. The second-order valence-electron chi connectivity index (χ2n) is 3.25. The summed E-state index contributed by atoms with van der Waals surface area (Å²) in [5, 5.41) is 16.4. The van der Waals surface area contributed by atoms with Crippen LogP contribution in [0.25, 0.3) is 11.6 Å². The quantitative estimate of drug-likeness (QED) is 0.875. The number of aromatic nitrogens is 3. The van der Waals surface area contributed by atoms with E-state index in [1.165, 1.54) is 6.20 Å². The van der Waals surface area contributed by atoms with E-state index in [0.717, 1.165) is 0 Å². The number of aliphatic carboxylic acids is 1. The molecule has 2 aromatic heterocycles. The van der Waals surface area contributed by atoms with Crippen LogP contribution in [0.15, 0.2) is 22.7 Å². The number of rotatable bonds is 5. The van der Waals surface area contributed by atoms with Crippen LogP contribution in [0.4, 0.5) is 0 Å². The number of carboxylic acids is 1. The molecule has 0 unspecified atom stereocenters. The van der Waals surface area contributed by atoms with Gasteiger partial charge in [-0.2, -0.15) is 0 Å². The van der Waals surface area contributed by atoms with Gasteiger partial charge in [0.1, 0.15) is 18.9 Å². The lowest BCUT2D eigenvalue weighted by Crippen LogP contribution is -2.06. The fourth-order valence-electron chi connectivity index (χ4n) is 1.14. The number of carbonyl (C=O) groups is 1. The molecule has 2 rings (SSSR count). The molecule has 0 fully saturated rings. The lowest BCUT2D eigenvalue weighted by molar-refractivity contribution is -0.142. The van der Waals surface area contributed by atoms with Crippen LogP contribution in [-0.4, -0.2) is 32.9 Å². The molecule has 0 atom stereocenters. The Kier molecular flexibility index (Phi) is 3.85. The lowest BCUT2D eigenvalue weighted by Gasteiger charge is -1.95. The molecule has 0 saturated heterocycles. The first-order chi connectivity index (χ1) is 8.65. The first-order valence-corrected chi connectivity index (χ1v) is 5.27. The predicted octanol–water partition coefficient (Wildman–Crippen LogP) is 1.39. The van der Waals surface area contributed by atoms with Crippen molar-refractivity contribution in [2.45, 2.75) is 6.61 Å². The van der Waals surface area contributed by atoms with Crippen LogP contribution in [-0.2, 0) is 16.1 Å². The maximum Gasteiger partial charge on any atom is 0.329 e. The van der Waals surface area contributed by atoms with E-state index in [0.29, 0.717) is 10.7 Å². The average Bonchev–Trinajstić information content (AvgIpc) is 2.78. The second-order valence-corrected chi connectivity index (χ2v) is 3.69. The predicted molar refractivity (Wildman–Crippen MR) is 59.8 cm³/mol. The van der Waals surface area contributed by atoms with Crippen LogP contribution < -0.4 is 0 Å². The zero-order valence-corrected chi connectivity index (χ0v) is 9.79. The zero-order valence-electron chi connectivity index (χ0n) is 9.04. The Morgan fingerprint density at radius 3 is 2.94 bits per heavy atom. The van der Waals surface area contributed by atoms with Gasteiger partial charge in [-0.15, -0.1) is 10.2 Å². The highest BCUT2D eigenvalue weighted by atomic mass is 35.5. The number of nitrogens with zero attached hydrogens (tertiary/aromatic N) is 3. The number of ether oxygens (including phenoxy) is 1. The highest BCUT2D eigenvalue weighted by Crippen LogP contribution is 2.17. The first-order valence-electron chi connectivity index (χ1n) is 4.89. The summed E-state index contributed by atoms with van der Waals surface area (Å²) in [5.74, 6) is -0.655. The van der Waals surface area contributed by atoms with Crippen molar-refractivity contribution in [3.8, 4) is 11.6 Å². The lowest BCUT2D eigenvalue weighted by atomic mass is 10.3. The molecular weight excluding hydrogens is 262 g/mol. The number of halogens is 1. The van der Waals surface area contributed by atoms with Gasteiger partial charge in [0.2, 0.25) is 5.89 Å². The molecule has 7 nitrogen and oxygen atoms in total. The molecule has 94 valence electrons. The Hall–Kier alpha value is -1.99. The minimum Gasteiger partial charge on any atom is -0.480 e. The van der Waals surface area contributed by atoms with Gasteiger partial charge in [-0.25, -0.2) is 9.78 Å². The summed E-state index contributed by atoms with van der Waals surface area (Å²) >= 11 is 5.70. The molecule has 0 aliphatic rings. The largest absolute Gasteiger partial charge is 0.480 e. The molecule has 0 amide bonds. The highest BCUT2D eigenvalue weighted by Gasteiger charge is 2.10. The molecule has 18 heavy (non-hydrogen) atoms. The van der Waals surface area contributed by atoms with E-state index < -0.39 is 12.6 Å². The highest BCUT2D eigenvalue weighted by molar-refractivity contribution is 6.30. The summed E-state index contributed by atoms with van der Waals surface area (Å²) < 4.78 is 10.1. The molecule has 2 heterocycles. The van der Waals surface area contributed by atoms with Gasteiger partial charge in [-0.05, 0) is 12.1 Å². The zero-order chi connectivity index (χ0) is 13.0. The Morgan fingerprint density at radius 2 is 2.28 bits per heavy atom. The molecule has 0 bridgehead atoms. The van der Waals surface area contributed by atoms with E-state index in [2.05, 4.69) is 15.2 Å². The van der Waals surface area contributed by atoms with Gasteiger partial charge in [0.05, 0.1) is 5.02 Å². The van der Waals surface area contributed by atoms with Crippen molar-refractivity contribution in [1.82, 2.24) is 15.2 Å². The van der Waals surface area contributed by atoms with Crippen molar-refractivity contribution < 1.29 is 19.1 Å². The Morgan fingerprint density at radius 1 is 1.44 bits per heavy atom. The molecule has 0 radical (unpaired) electrons. The van der Waals surface area contributed by atoms with E-state index >= 15 is 0 Å². The molecule has 0 aliphatic heterocycles. The van der Waals surface area contributed by atoms with Crippen LogP contribution in [0.3, 0.4) is 0 Å². The summed E-state index contributed by atoms with van der Waals surface area (Å²) in [7, 11) is 0. The number of carboxylic acid groups (broad SMARTS) is 1. The maximum absolute atomic E-state index is 10.2. The summed E-state index contributed by atoms with van der Waals surface area (Å²) in [6.45, 7) is -0.482. The summed E-state index contributed by atoms with van der Waals surface area (Å²) in [6, 6.07) is 3.28. The number of hydrogen-bond acceptors (Lipinski definition) is 6. The smallest absolute Gasteiger partial charge is 0.329 e. The van der Waals surface area contributed by atoms with Gasteiger partial charge in [-0.1, -0.05) is 11.6 Å².